The minimum absolute atomic E-state index is 0.00780. The standard InChI is InChI=1S/C24H31N3O4/c28-22(20-8-5-7-19(17-20)18-26-15-6-14-25-26)12-10-21-11-13-23(29)27(21)16-4-2-1-3-9-24(30)31/h5-8,10,12,14-15,17,21-22,28H,1-4,9,11,13,16,18H2,(H,30,31)/b12-10+/t21-,22?/m0/s1. The largest absolute Gasteiger partial charge is 0.481 e. The van der Waals surface area contributed by atoms with Crippen LogP contribution in [0.15, 0.2) is 54.9 Å². The van der Waals surface area contributed by atoms with Gasteiger partial charge in [-0.1, -0.05) is 49.3 Å². The monoisotopic (exact) mass is 425 g/mol. The summed E-state index contributed by atoms with van der Waals surface area (Å²) in [4.78, 5) is 24.7. The van der Waals surface area contributed by atoms with Crippen LogP contribution in [-0.2, 0) is 16.1 Å². The van der Waals surface area contributed by atoms with Crippen molar-refractivity contribution in [1.82, 2.24) is 14.7 Å². The van der Waals surface area contributed by atoms with Gasteiger partial charge in [-0.05, 0) is 36.5 Å². The molecule has 2 heterocycles. The van der Waals surface area contributed by atoms with Gasteiger partial charge in [-0.3, -0.25) is 14.3 Å². The van der Waals surface area contributed by atoms with E-state index in [-0.39, 0.29) is 18.4 Å². The van der Waals surface area contributed by atoms with Crippen LogP contribution in [0.3, 0.4) is 0 Å². The molecule has 2 atom stereocenters. The molecular weight excluding hydrogens is 394 g/mol. The van der Waals surface area contributed by atoms with Crippen molar-refractivity contribution in [3.8, 4) is 0 Å². The SMILES string of the molecule is O=C(O)CCCCCCN1C(=O)CC[C@@H]1/C=C/C(O)c1cccc(Cn2cccn2)c1. The first-order chi connectivity index (χ1) is 15.0. The molecule has 0 spiro atoms. The number of aliphatic carboxylic acids is 1. The van der Waals surface area contributed by atoms with Crippen LogP contribution >= 0.6 is 0 Å². The number of carbonyl (C=O) groups excluding carboxylic acids is 1. The quantitative estimate of drug-likeness (QED) is 0.401. The molecule has 2 aromatic rings. The summed E-state index contributed by atoms with van der Waals surface area (Å²) < 4.78 is 1.84. The van der Waals surface area contributed by atoms with Crippen molar-refractivity contribution < 1.29 is 19.8 Å². The zero-order valence-corrected chi connectivity index (χ0v) is 17.8. The number of aliphatic hydroxyl groups excluding tert-OH is 1. The number of nitrogens with zero attached hydrogens (tertiary/aromatic N) is 3. The van der Waals surface area contributed by atoms with Crippen molar-refractivity contribution in [2.24, 2.45) is 0 Å². The molecule has 1 saturated heterocycles. The van der Waals surface area contributed by atoms with Gasteiger partial charge in [0.25, 0.3) is 0 Å². The van der Waals surface area contributed by atoms with E-state index in [1.807, 2.05) is 52.2 Å². The predicted octanol–water partition coefficient (Wildman–Crippen LogP) is 3.55. The van der Waals surface area contributed by atoms with E-state index in [0.29, 0.717) is 25.9 Å². The number of likely N-dealkylation sites (tertiary alicyclic amines) is 1. The molecule has 7 heteroatoms. The lowest BCUT2D eigenvalue weighted by Gasteiger charge is -2.22. The Morgan fingerprint density at radius 2 is 2.06 bits per heavy atom. The van der Waals surface area contributed by atoms with Gasteiger partial charge in [-0.15, -0.1) is 0 Å². The summed E-state index contributed by atoms with van der Waals surface area (Å²) in [6.45, 7) is 1.32. The zero-order chi connectivity index (χ0) is 22.1. The van der Waals surface area contributed by atoms with E-state index in [4.69, 9.17) is 5.11 Å². The van der Waals surface area contributed by atoms with Crippen molar-refractivity contribution >= 4 is 11.9 Å². The number of carboxylic acids is 1. The highest BCUT2D eigenvalue weighted by Crippen LogP contribution is 2.23. The van der Waals surface area contributed by atoms with Crippen molar-refractivity contribution in [2.45, 2.75) is 63.6 Å². The Labute approximate surface area is 183 Å². The third-order valence-corrected chi connectivity index (χ3v) is 5.63. The summed E-state index contributed by atoms with van der Waals surface area (Å²) in [5.74, 6) is -0.610. The minimum Gasteiger partial charge on any atom is -0.481 e. The second-order valence-corrected chi connectivity index (χ2v) is 8.03. The van der Waals surface area contributed by atoms with Crippen LogP contribution in [0, 0.1) is 0 Å². The second kappa shape index (κ2) is 11.5. The number of carbonyl (C=O) groups is 2. The van der Waals surface area contributed by atoms with E-state index in [1.165, 1.54) is 0 Å². The van der Waals surface area contributed by atoms with E-state index in [1.54, 1.807) is 12.3 Å². The number of aliphatic hydroxyl groups is 1. The molecule has 0 aliphatic carbocycles. The lowest BCUT2D eigenvalue weighted by atomic mass is 10.0. The molecule has 166 valence electrons. The van der Waals surface area contributed by atoms with Gasteiger partial charge in [-0.25, -0.2) is 0 Å². The molecule has 1 aromatic carbocycles. The molecule has 1 aromatic heterocycles. The molecular formula is C24H31N3O4. The summed E-state index contributed by atoms with van der Waals surface area (Å²) >= 11 is 0. The van der Waals surface area contributed by atoms with E-state index in [2.05, 4.69) is 5.10 Å². The van der Waals surface area contributed by atoms with Crippen molar-refractivity contribution in [3.63, 3.8) is 0 Å². The lowest BCUT2D eigenvalue weighted by Crippen LogP contribution is -2.32. The maximum atomic E-state index is 12.2. The summed E-state index contributed by atoms with van der Waals surface area (Å²) in [5.41, 5.74) is 1.88. The average Bonchev–Trinajstić information content (AvgIpc) is 3.38. The highest BCUT2D eigenvalue weighted by atomic mass is 16.4. The number of aromatic nitrogens is 2. The fourth-order valence-electron chi connectivity index (χ4n) is 3.96. The Morgan fingerprint density at radius 1 is 1.23 bits per heavy atom. The van der Waals surface area contributed by atoms with Gasteiger partial charge in [0.15, 0.2) is 0 Å². The van der Waals surface area contributed by atoms with E-state index in [0.717, 1.165) is 36.8 Å². The smallest absolute Gasteiger partial charge is 0.303 e. The number of hydrogen-bond acceptors (Lipinski definition) is 4. The highest BCUT2D eigenvalue weighted by molar-refractivity contribution is 5.79. The van der Waals surface area contributed by atoms with Crippen LogP contribution in [0.4, 0.5) is 0 Å². The Morgan fingerprint density at radius 3 is 2.84 bits per heavy atom. The minimum atomic E-state index is -0.759. The van der Waals surface area contributed by atoms with Crippen molar-refractivity contribution in [3.05, 3.63) is 66.0 Å². The molecule has 0 radical (unpaired) electrons. The summed E-state index contributed by atoms with van der Waals surface area (Å²) in [7, 11) is 0. The molecule has 3 rings (SSSR count). The first kappa shape index (κ1) is 22.7. The molecule has 1 aliphatic heterocycles. The number of rotatable bonds is 12. The zero-order valence-electron chi connectivity index (χ0n) is 17.8. The Balaban J connectivity index is 1.51. The fourth-order valence-corrected chi connectivity index (χ4v) is 3.96. The maximum absolute atomic E-state index is 12.2. The normalized spacial score (nSPS) is 17.5. The molecule has 1 unspecified atom stereocenters. The molecule has 0 saturated carbocycles. The van der Waals surface area contributed by atoms with Crippen LogP contribution in [0.1, 0.15) is 62.2 Å². The third kappa shape index (κ3) is 7.07. The van der Waals surface area contributed by atoms with Gasteiger partial charge >= 0.3 is 5.97 Å². The van der Waals surface area contributed by atoms with Gasteiger partial charge in [0, 0.05) is 31.8 Å². The van der Waals surface area contributed by atoms with Gasteiger partial charge in [-0.2, -0.15) is 5.10 Å². The molecule has 31 heavy (non-hydrogen) atoms. The Hall–Kier alpha value is -2.93. The van der Waals surface area contributed by atoms with Crippen LogP contribution in [0.2, 0.25) is 0 Å². The van der Waals surface area contributed by atoms with E-state index in [9.17, 15) is 14.7 Å². The summed E-state index contributed by atoms with van der Waals surface area (Å²) in [6.07, 6.45) is 11.5. The van der Waals surface area contributed by atoms with Gasteiger partial charge in [0.1, 0.15) is 0 Å². The maximum Gasteiger partial charge on any atom is 0.303 e. The molecule has 1 aliphatic rings. The van der Waals surface area contributed by atoms with Gasteiger partial charge in [0.2, 0.25) is 5.91 Å². The Bertz CT molecular complexity index is 879. The third-order valence-electron chi connectivity index (χ3n) is 5.63. The van der Waals surface area contributed by atoms with Gasteiger partial charge < -0.3 is 15.1 Å². The molecule has 1 fully saturated rings. The van der Waals surface area contributed by atoms with Crippen LogP contribution in [0.25, 0.3) is 0 Å². The molecule has 7 nitrogen and oxygen atoms in total. The fraction of sp³-hybridized carbons (Fsp3) is 0.458. The molecule has 2 N–H and O–H groups in total. The number of amides is 1. The number of unbranched alkanes of at least 4 members (excludes halogenated alkanes) is 3. The first-order valence-electron chi connectivity index (χ1n) is 11.0. The van der Waals surface area contributed by atoms with E-state index >= 15 is 0 Å². The average molecular weight is 426 g/mol. The molecule has 1 amide bonds. The van der Waals surface area contributed by atoms with Crippen LogP contribution in [0.5, 0.6) is 0 Å². The second-order valence-electron chi connectivity index (χ2n) is 8.03. The van der Waals surface area contributed by atoms with Crippen LogP contribution < -0.4 is 0 Å². The Kier molecular flexibility index (Phi) is 8.41. The number of benzene rings is 1. The lowest BCUT2D eigenvalue weighted by molar-refractivity contribution is -0.137. The number of carboxylic acid groups (broad SMARTS) is 1. The first-order valence-corrected chi connectivity index (χ1v) is 11.0. The van der Waals surface area contributed by atoms with Crippen LogP contribution in [-0.4, -0.2) is 49.4 Å². The summed E-state index contributed by atoms with van der Waals surface area (Å²) in [5, 5.41) is 23.5. The topological polar surface area (TPSA) is 95.7 Å². The summed E-state index contributed by atoms with van der Waals surface area (Å²) in [6, 6.07) is 9.71. The number of hydrogen-bond donors (Lipinski definition) is 2. The van der Waals surface area contributed by atoms with Crippen molar-refractivity contribution in [1.29, 1.82) is 0 Å². The highest BCUT2D eigenvalue weighted by Gasteiger charge is 2.28. The van der Waals surface area contributed by atoms with E-state index < -0.39 is 12.1 Å². The predicted molar refractivity (Wildman–Crippen MR) is 117 cm³/mol. The van der Waals surface area contributed by atoms with Crippen molar-refractivity contribution in [2.75, 3.05) is 6.54 Å². The molecule has 0 bridgehead atoms. The van der Waals surface area contributed by atoms with Gasteiger partial charge in [0.05, 0.1) is 18.7 Å².